The monoisotopic (exact) mass is 374 g/mol. The number of benzene rings is 1. The van der Waals surface area contributed by atoms with E-state index in [9.17, 15) is 21.6 Å². The van der Waals surface area contributed by atoms with Crippen LogP contribution in [0.4, 0.5) is 5.69 Å². The van der Waals surface area contributed by atoms with Crippen LogP contribution >= 0.6 is 0 Å². The predicted molar refractivity (Wildman–Crippen MR) is 93.1 cm³/mol. The molecule has 24 heavy (non-hydrogen) atoms. The summed E-state index contributed by atoms with van der Waals surface area (Å²) in [6.07, 6.45) is 1.94. The molecule has 1 aliphatic heterocycles. The highest BCUT2D eigenvalue weighted by Crippen LogP contribution is 2.21. The molecule has 0 aromatic heterocycles. The highest BCUT2D eigenvalue weighted by atomic mass is 32.2. The molecule has 9 heteroatoms. The zero-order valence-corrected chi connectivity index (χ0v) is 15.4. The lowest BCUT2D eigenvalue weighted by Crippen LogP contribution is -2.45. The highest BCUT2D eigenvalue weighted by molar-refractivity contribution is 7.92. The highest BCUT2D eigenvalue weighted by Gasteiger charge is 2.37. The summed E-state index contributed by atoms with van der Waals surface area (Å²) in [7, 11) is -6.94. The van der Waals surface area contributed by atoms with Crippen molar-refractivity contribution in [3.8, 4) is 0 Å². The molecule has 1 saturated heterocycles. The minimum absolute atomic E-state index is 0.0516. The number of nitrogens with zero attached hydrogens (tertiary/aromatic N) is 1. The van der Waals surface area contributed by atoms with Crippen LogP contribution in [0, 0.1) is 0 Å². The number of nitrogens with one attached hydrogen (secondary N) is 1. The lowest BCUT2D eigenvalue weighted by Gasteiger charge is -2.25. The largest absolute Gasteiger partial charge is 0.325 e. The van der Waals surface area contributed by atoms with Gasteiger partial charge in [0.2, 0.25) is 15.9 Å². The smallest absolute Gasteiger partial charge is 0.239 e. The molecule has 1 aromatic carbocycles. The van der Waals surface area contributed by atoms with E-state index in [-0.39, 0.29) is 17.9 Å². The van der Waals surface area contributed by atoms with E-state index < -0.39 is 38.4 Å². The number of amides is 1. The quantitative estimate of drug-likeness (QED) is 0.787. The lowest BCUT2D eigenvalue weighted by atomic mass is 10.1. The first kappa shape index (κ1) is 18.9. The topological polar surface area (TPSA) is 101 Å². The SMILES string of the molecule is CCc1ccccc1NC(=O)CN(C1CCS(=O)(=O)C1)S(C)(=O)=O. The molecule has 1 atom stereocenters. The molecule has 2 rings (SSSR count). The molecule has 1 aliphatic rings. The van der Waals surface area contributed by atoms with E-state index in [4.69, 9.17) is 0 Å². The van der Waals surface area contributed by atoms with Crippen LogP contribution in [0.15, 0.2) is 24.3 Å². The van der Waals surface area contributed by atoms with Crippen molar-refractivity contribution in [2.45, 2.75) is 25.8 Å². The average Bonchev–Trinajstić information content (AvgIpc) is 2.84. The number of rotatable bonds is 6. The average molecular weight is 374 g/mol. The van der Waals surface area contributed by atoms with Crippen LogP contribution in [-0.2, 0) is 31.1 Å². The third-order valence-corrected chi connectivity index (χ3v) is 7.04. The van der Waals surface area contributed by atoms with E-state index in [1.54, 1.807) is 12.1 Å². The molecule has 0 spiro atoms. The second kappa shape index (κ2) is 7.20. The molecular formula is C15H22N2O5S2. The van der Waals surface area contributed by atoms with Gasteiger partial charge in [-0.1, -0.05) is 25.1 Å². The van der Waals surface area contributed by atoms with Crippen molar-refractivity contribution in [1.29, 1.82) is 0 Å². The van der Waals surface area contributed by atoms with Crippen LogP contribution in [-0.4, -0.2) is 57.4 Å². The minimum atomic E-state index is -3.69. The van der Waals surface area contributed by atoms with E-state index in [1.807, 2.05) is 19.1 Å². The molecule has 1 N–H and O–H groups in total. The van der Waals surface area contributed by atoms with Crippen molar-refractivity contribution in [2.24, 2.45) is 0 Å². The van der Waals surface area contributed by atoms with Crippen LogP contribution in [0.3, 0.4) is 0 Å². The number of para-hydroxylation sites is 1. The molecule has 1 heterocycles. The van der Waals surface area contributed by atoms with Gasteiger partial charge in [-0.25, -0.2) is 16.8 Å². The van der Waals surface area contributed by atoms with Crippen molar-refractivity contribution in [3.63, 3.8) is 0 Å². The van der Waals surface area contributed by atoms with E-state index in [1.165, 1.54) is 0 Å². The van der Waals surface area contributed by atoms with Crippen molar-refractivity contribution < 1.29 is 21.6 Å². The van der Waals surface area contributed by atoms with Gasteiger partial charge in [0.05, 0.1) is 24.3 Å². The summed E-state index contributed by atoms with van der Waals surface area (Å²) in [5, 5.41) is 2.71. The fraction of sp³-hybridized carbons (Fsp3) is 0.533. The number of sulfone groups is 1. The standard InChI is InChI=1S/C15H22N2O5S2/c1-3-12-6-4-5-7-14(12)16-15(18)10-17(23(2,19)20)13-8-9-24(21,22)11-13/h4-7,13H,3,8-11H2,1-2H3,(H,16,18). The Morgan fingerprint density at radius 2 is 2.00 bits per heavy atom. The fourth-order valence-electron chi connectivity index (χ4n) is 2.80. The van der Waals surface area contributed by atoms with Crippen LogP contribution in [0.5, 0.6) is 0 Å². The third kappa shape index (κ3) is 4.78. The van der Waals surface area contributed by atoms with Gasteiger partial charge in [0.1, 0.15) is 0 Å². The molecule has 1 aromatic rings. The Morgan fingerprint density at radius 1 is 1.33 bits per heavy atom. The predicted octanol–water partition coefficient (Wildman–Crippen LogP) is 0.636. The summed E-state index contributed by atoms with van der Waals surface area (Å²) in [5.74, 6) is -0.770. The zero-order chi connectivity index (χ0) is 18.0. The summed E-state index contributed by atoms with van der Waals surface area (Å²) < 4.78 is 48.2. The van der Waals surface area contributed by atoms with Crippen molar-refractivity contribution >= 4 is 31.5 Å². The number of aryl methyl sites for hydroxylation is 1. The van der Waals surface area contributed by atoms with Gasteiger partial charge in [0.15, 0.2) is 9.84 Å². The van der Waals surface area contributed by atoms with Crippen molar-refractivity contribution in [1.82, 2.24) is 4.31 Å². The normalized spacial score (nSPS) is 20.2. The lowest BCUT2D eigenvalue weighted by molar-refractivity contribution is -0.116. The van der Waals surface area contributed by atoms with Crippen molar-refractivity contribution in [2.75, 3.05) is 29.6 Å². The first-order valence-electron chi connectivity index (χ1n) is 7.67. The first-order valence-corrected chi connectivity index (χ1v) is 11.3. The molecule has 0 aliphatic carbocycles. The molecule has 134 valence electrons. The number of carbonyl (C=O) groups is 1. The van der Waals surface area contributed by atoms with E-state index in [0.29, 0.717) is 5.69 Å². The zero-order valence-electron chi connectivity index (χ0n) is 13.7. The van der Waals surface area contributed by atoms with Gasteiger partial charge < -0.3 is 5.32 Å². The van der Waals surface area contributed by atoms with E-state index >= 15 is 0 Å². The maximum absolute atomic E-state index is 12.3. The summed E-state index contributed by atoms with van der Waals surface area (Å²) in [6, 6.07) is 6.60. The van der Waals surface area contributed by atoms with Gasteiger partial charge in [0.25, 0.3) is 0 Å². The van der Waals surface area contributed by atoms with E-state index in [0.717, 1.165) is 22.5 Å². The first-order chi connectivity index (χ1) is 11.1. The summed E-state index contributed by atoms with van der Waals surface area (Å²) in [5.41, 5.74) is 1.58. The van der Waals surface area contributed by atoms with Crippen LogP contribution in [0.1, 0.15) is 18.9 Å². The summed E-state index contributed by atoms with van der Waals surface area (Å²) in [6.45, 7) is 1.56. The Balaban J connectivity index is 2.14. The Hall–Kier alpha value is -1.45. The Morgan fingerprint density at radius 3 is 2.54 bits per heavy atom. The van der Waals surface area contributed by atoms with Gasteiger partial charge in [-0.05, 0) is 24.5 Å². The number of hydrogen-bond acceptors (Lipinski definition) is 5. The molecule has 0 radical (unpaired) electrons. The molecule has 1 unspecified atom stereocenters. The van der Waals surface area contributed by atoms with Gasteiger partial charge >= 0.3 is 0 Å². The second-order valence-corrected chi connectivity index (χ2v) is 10.1. The number of carbonyl (C=O) groups excluding carboxylic acids is 1. The maximum atomic E-state index is 12.3. The fourth-order valence-corrected chi connectivity index (χ4v) is 5.70. The van der Waals surface area contributed by atoms with Gasteiger partial charge in [-0.15, -0.1) is 0 Å². The van der Waals surface area contributed by atoms with Crippen LogP contribution in [0.2, 0.25) is 0 Å². The molecule has 1 fully saturated rings. The molecule has 0 bridgehead atoms. The Bertz CT molecular complexity index is 818. The number of sulfonamides is 1. The van der Waals surface area contributed by atoms with Crippen molar-refractivity contribution in [3.05, 3.63) is 29.8 Å². The van der Waals surface area contributed by atoms with Crippen LogP contribution < -0.4 is 5.32 Å². The second-order valence-electron chi connectivity index (χ2n) is 5.92. The Labute approximate surface area is 143 Å². The summed E-state index contributed by atoms with van der Waals surface area (Å²) in [4.78, 5) is 12.3. The molecule has 1 amide bonds. The Kier molecular flexibility index (Phi) is 5.67. The van der Waals surface area contributed by atoms with Gasteiger partial charge in [-0.3, -0.25) is 4.79 Å². The minimum Gasteiger partial charge on any atom is -0.325 e. The molecule has 0 saturated carbocycles. The van der Waals surface area contributed by atoms with Crippen LogP contribution in [0.25, 0.3) is 0 Å². The number of anilines is 1. The molecule has 7 nitrogen and oxygen atoms in total. The van der Waals surface area contributed by atoms with Gasteiger partial charge in [0, 0.05) is 11.7 Å². The molecular weight excluding hydrogens is 352 g/mol. The van der Waals surface area contributed by atoms with E-state index in [2.05, 4.69) is 5.32 Å². The number of hydrogen-bond donors (Lipinski definition) is 1. The maximum Gasteiger partial charge on any atom is 0.239 e. The summed E-state index contributed by atoms with van der Waals surface area (Å²) >= 11 is 0. The van der Waals surface area contributed by atoms with Gasteiger partial charge in [-0.2, -0.15) is 4.31 Å². The third-order valence-electron chi connectivity index (χ3n) is 4.01.